The predicted octanol–water partition coefficient (Wildman–Crippen LogP) is 1.78. The molecule has 2 aromatic carbocycles. The fraction of sp³-hybridized carbons (Fsp3) is 0.235. The van der Waals surface area contributed by atoms with Gasteiger partial charge in [0.1, 0.15) is 0 Å². The molecule has 2 N–H and O–H groups in total. The number of hydrogen-bond acceptors (Lipinski definition) is 4. The Balaban J connectivity index is 2.03. The molecule has 2 rings (SSSR count). The van der Waals surface area contributed by atoms with Gasteiger partial charge >= 0.3 is 0 Å². The second-order valence-electron chi connectivity index (χ2n) is 5.55. The molecule has 0 bridgehead atoms. The molecule has 0 fully saturated rings. The monoisotopic (exact) mass is 347 g/mol. The van der Waals surface area contributed by atoms with E-state index < -0.39 is 10.0 Å². The average molecular weight is 347 g/mol. The van der Waals surface area contributed by atoms with Gasteiger partial charge in [-0.2, -0.15) is 0 Å². The molecule has 24 heavy (non-hydrogen) atoms. The van der Waals surface area contributed by atoms with Crippen molar-refractivity contribution in [3.63, 3.8) is 0 Å². The van der Waals surface area contributed by atoms with E-state index in [4.69, 9.17) is 0 Å². The van der Waals surface area contributed by atoms with Crippen LogP contribution in [0, 0.1) is 0 Å². The SMILES string of the molecule is CN(C)CCNS(=O)(=O)c1ccc(C(=O)Nc2ccccc2)cc1. The summed E-state index contributed by atoms with van der Waals surface area (Å²) < 4.78 is 26.8. The van der Waals surface area contributed by atoms with E-state index >= 15 is 0 Å². The Morgan fingerprint density at radius 3 is 2.21 bits per heavy atom. The first-order valence-electron chi connectivity index (χ1n) is 7.49. The molecule has 0 aliphatic rings. The van der Waals surface area contributed by atoms with Crippen LogP contribution in [0.1, 0.15) is 10.4 Å². The molecule has 0 unspecified atom stereocenters. The summed E-state index contributed by atoms with van der Waals surface area (Å²) in [5.41, 5.74) is 1.08. The zero-order chi connectivity index (χ0) is 17.6. The maximum absolute atomic E-state index is 12.2. The number of hydrogen-bond donors (Lipinski definition) is 2. The van der Waals surface area contributed by atoms with Crippen molar-refractivity contribution in [2.45, 2.75) is 4.90 Å². The van der Waals surface area contributed by atoms with Gasteiger partial charge < -0.3 is 10.2 Å². The van der Waals surface area contributed by atoms with Crippen molar-refractivity contribution in [3.05, 3.63) is 60.2 Å². The molecular weight excluding hydrogens is 326 g/mol. The third-order valence-electron chi connectivity index (χ3n) is 3.31. The number of sulfonamides is 1. The molecule has 0 aliphatic heterocycles. The van der Waals surface area contributed by atoms with Crippen LogP contribution in [0.3, 0.4) is 0 Å². The highest BCUT2D eigenvalue weighted by Crippen LogP contribution is 2.13. The van der Waals surface area contributed by atoms with Gasteiger partial charge in [-0.25, -0.2) is 13.1 Å². The number of benzene rings is 2. The van der Waals surface area contributed by atoms with E-state index in [1.54, 1.807) is 12.1 Å². The number of likely N-dealkylation sites (N-methyl/N-ethyl adjacent to an activating group) is 1. The number of para-hydroxylation sites is 1. The van der Waals surface area contributed by atoms with Crippen LogP contribution in [-0.4, -0.2) is 46.4 Å². The van der Waals surface area contributed by atoms with Gasteiger partial charge in [0.05, 0.1) is 4.90 Å². The van der Waals surface area contributed by atoms with Crippen LogP contribution in [0.15, 0.2) is 59.5 Å². The summed E-state index contributed by atoms with van der Waals surface area (Å²) in [6.45, 7) is 0.933. The fourth-order valence-electron chi connectivity index (χ4n) is 2.00. The Morgan fingerprint density at radius 2 is 1.62 bits per heavy atom. The van der Waals surface area contributed by atoms with E-state index in [0.717, 1.165) is 0 Å². The molecule has 6 nitrogen and oxygen atoms in total. The van der Waals surface area contributed by atoms with Crippen LogP contribution in [0.2, 0.25) is 0 Å². The van der Waals surface area contributed by atoms with Gasteiger partial charge in [0.25, 0.3) is 5.91 Å². The average Bonchev–Trinajstić information content (AvgIpc) is 2.55. The lowest BCUT2D eigenvalue weighted by atomic mass is 10.2. The van der Waals surface area contributed by atoms with Crippen molar-refractivity contribution >= 4 is 21.6 Å². The maximum atomic E-state index is 12.2. The van der Waals surface area contributed by atoms with Gasteiger partial charge in [0.2, 0.25) is 10.0 Å². The Morgan fingerprint density at radius 1 is 1.00 bits per heavy atom. The van der Waals surface area contributed by atoms with Gasteiger partial charge in [-0.1, -0.05) is 18.2 Å². The molecule has 2 aromatic rings. The van der Waals surface area contributed by atoms with Crippen molar-refractivity contribution in [2.75, 3.05) is 32.5 Å². The van der Waals surface area contributed by atoms with Gasteiger partial charge in [-0.05, 0) is 50.5 Å². The Kier molecular flexibility index (Phi) is 6.08. The van der Waals surface area contributed by atoms with Crippen LogP contribution in [0.5, 0.6) is 0 Å². The number of carbonyl (C=O) groups excluding carboxylic acids is 1. The van der Waals surface area contributed by atoms with Gasteiger partial charge in [-0.3, -0.25) is 4.79 Å². The van der Waals surface area contributed by atoms with Crippen LogP contribution in [-0.2, 0) is 10.0 Å². The summed E-state index contributed by atoms with van der Waals surface area (Å²) in [7, 11) is 0.173. The minimum absolute atomic E-state index is 0.137. The summed E-state index contributed by atoms with van der Waals surface area (Å²) in [5.74, 6) is -0.286. The highest BCUT2D eigenvalue weighted by molar-refractivity contribution is 7.89. The molecule has 0 aromatic heterocycles. The molecule has 128 valence electrons. The van der Waals surface area contributed by atoms with E-state index in [0.29, 0.717) is 24.3 Å². The first-order valence-corrected chi connectivity index (χ1v) is 8.98. The topological polar surface area (TPSA) is 78.5 Å². The number of amides is 1. The lowest BCUT2D eigenvalue weighted by Crippen LogP contribution is -2.31. The third kappa shape index (κ3) is 5.16. The molecule has 0 aliphatic carbocycles. The smallest absolute Gasteiger partial charge is 0.255 e. The Bertz CT molecular complexity index is 772. The molecule has 0 spiro atoms. The highest BCUT2D eigenvalue weighted by Gasteiger charge is 2.14. The number of nitrogens with one attached hydrogen (secondary N) is 2. The van der Waals surface area contributed by atoms with Crippen molar-refractivity contribution in [1.29, 1.82) is 0 Å². The zero-order valence-corrected chi connectivity index (χ0v) is 14.5. The number of anilines is 1. The molecule has 0 atom stereocenters. The van der Waals surface area contributed by atoms with Gasteiger partial charge in [-0.15, -0.1) is 0 Å². The maximum Gasteiger partial charge on any atom is 0.255 e. The molecule has 0 radical (unpaired) electrons. The van der Waals surface area contributed by atoms with Crippen LogP contribution >= 0.6 is 0 Å². The molecule has 0 saturated heterocycles. The summed E-state index contributed by atoms with van der Waals surface area (Å²) in [5, 5.41) is 2.75. The van der Waals surface area contributed by atoms with E-state index in [1.807, 2.05) is 37.2 Å². The van der Waals surface area contributed by atoms with Crippen LogP contribution < -0.4 is 10.0 Å². The lowest BCUT2D eigenvalue weighted by molar-refractivity contribution is 0.102. The third-order valence-corrected chi connectivity index (χ3v) is 4.79. The Hall–Kier alpha value is -2.22. The van der Waals surface area contributed by atoms with Gasteiger partial charge in [0.15, 0.2) is 0 Å². The number of nitrogens with zero attached hydrogens (tertiary/aromatic N) is 1. The first kappa shape index (κ1) is 18.1. The molecule has 7 heteroatoms. The zero-order valence-electron chi connectivity index (χ0n) is 13.7. The normalized spacial score (nSPS) is 11.5. The molecule has 0 heterocycles. The molecule has 0 saturated carbocycles. The number of rotatable bonds is 7. The largest absolute Gasteiger partial charge is 0.322 e. The van der Waals surface area contributed by atoms with E-state index in [1.165, 1.54) is 24.3 Å². The standard InChI is InChI=1S/C17H21N3O3S/c1-20(2)13-12-18-24(22,23)16-10-8-14(9-11-16)17(21)19-15-6-4-3-5-7-15/h3-11,18H,12-13H2,1-2H3,(H,19,21). The lowest BCUT2D eigenvalue weighted by Gasteiger charge is -2.11. The predicted molar refractivity (Wildman–Crippen MR) is 94.6 cm³/mol. The summed E-state index contributed by atoms with van der Waals surface area (Å²) >= 11 is 0. The van der Waals surface area contributed by atoms with E-state index in [-0.39, 0.29) is 10.8 Å². The summed E-state index contributed by atoms with van der Waals surface area (Å²) in [6.07, 6.45) is 0. The number of carbonyl (C=O) groups is 1. The summed E-state index contributed by atoms with van der Waals surface area (Å²) in [6, 6.07) is 14.9. The fourth-order valence-corrected chi connectivity index (χ4v) is 3.02. The second kappa shape index (κ2) is 8.05. The minimum Gasteiger partial charge on any atom is -0.322 e. The molecular formula is C17H21N3O3S. The van der Waals surface area contributed by atoms with Crippen molar-refractivity contribution in [2.24, 2.45) is 0 Å². The summed E-state index contributed by atoms with van der Waals surface area (Å²) in [4.78, 5) is 14.2. The van der Waals surface area contributed by atoms with Crippen molar-refractivity contribution < 1.29 is 13.2 Å². The minimum atomic E-state index is -3.57. The van der Waals surface area contributed by atoms with E-state index in [9.17, 15) is 13.2 Å². The highest BCUT2D eigenvalue weighted by atomic mass is 32.2. The Labute approximate surface area is 142 Å². The van der Waals surface area contributed by atoms with Crippen LogP contribution in [0.4, 0.5) is 5.69 Å². The quantitative estimate of drug-likeness (QED) is 0.800. The van der Waals surface area contributed by atoms with Gasteiger partial charge in [0, 0.05) is 24.3 Å². The first-order chi connectivity index (χ1) is 11.4. The molecule has 1 amide bonds. The van der Waals surface area contributed by atoms with Crippen molar-refractivity contribution in [1.82, 2.24) is 9.62 Å². The van der Waals surface area contributed by atoms with Crippen LogP contribution in [0.25, 0.3) is 0 Å². The van der Waals surface area contributed by atoms with Crippen molar-refractivity contribution in [3.8, 4) is 0 Å². The van der Waals surface area contributed by atoms with E-state index in [2.05, 4.69) is 10.0 Å². The second-order valence-corrected chi connectivity index (χ2v) is 7.31.